The third kappa shape index (κ3) is 1.99. The second-order valence-electron chi connectivity index (χ2n) is 5.15. The van der Waals surface area contributed by atoms with Crippen molar-refractivity contribution in [2.45, 2.75) is 38.1 Å². The second-order valence-corrected chi connectivity index (χ2v) is 5.15. The largest absolute Gasteiger partial charge is 0.299 e. The Balaban J connectivity index is 2.32. The summed E-state index contributed by atoms with van der Waals surface area (Å²) >= 11 is 0. The van der Waals surface area contributed by atoms with E-state index in [1.54, 1.807) is 0 Å². The molecule has 1 N–H and O–H groups in total. The van der Waals surface area contributed by atoms with Gasteiger partial charge in [0.2, 0.25) is 0 Å². The molecule has 1 heteroatoms. The van der Waals surface area contributed by atoms with Gasteiger partial charge in [0.1, 0.15) is 0 Å². The Kier molecular flexibility index (Phi) is 3.03. The Morgan fingerprint density at radius 3 is 2.94 bits per heavy atom. The van der Waals surface area contributed by atoms with Gasteiger partial charge in [0.15, 0.2) is 0 Å². The second kappa shape index (κ2) is 4.31. The number of hydrogen-bond donors (Lipinski definition) is 1. The highest BCUT2D eigenvalue weighted by Crippen LogP contribution is 2.41. The smallest absolute Gasteiger partial charge is 0.0578 e. The molecule has 84 valence electrons. The van der Waals surface area contributed by atoms with E-state index < -0.39 is 0 Å². The molecular formula is C15H19N. The summed E-state index contributed by atoms with van der Waals surface area (Å²) in [6.45, 7) is 5.30. The Hall–Kier alpha value is -1.26. The van der Waals surface area contributed by atoms with Crippen LogP contribution in [0.2, 0.25) is 0 Å². The molecule has 1 unspecified atom stereocenters. The first-order valence-electron chi connectivity index (χ1n) is 5.91. The lowest BCUT2D eigenvalue weighted by Crippen LogP contribution is -2.32. The third-order valence-corrected chi connectivity index (χ3v) is 3.57. The lowest BCUT2D eigenvalue weighted by molar-refractivity contribution is 0.366. The average Bonchev–Trinajstić information content (AvgIpc) is 2.29. The van der Waals surface area contributed by atoms with Gasteiger partial charge in [0, 0.05) is 6.04 Å². The number of nitrogens with one attached hydrogen (secondary N) is 1. The molecule has 0 fully saturated rings. The standard InChI is InChI=1S/C15H19N/c1-4-11-16-14-9-10-15(2,3)13-8-6-5-7-12(13)14/h1,5-8,14,16H,9-11H2,2-3H3. The SMILES string of the molecule is C#CCNC1CCC(C)(C)c2ccccc21. The molecule has 1 aromatic carbocycles. The minimum Gasteiger partial charge on any atom is -0.299 e. The first-order valence-corrected chi connectivity index (χ1v) is 5.91. The van der Waals surface area contributed by atoms with E-state index in [0.717, 1.165) is 0 Å². The van der Waals surface area contributed by atoms with Crippen molar-refractivity contribution in [1.82, 2.24) is 5.32 Å². The zero-order valence-corrected chi connectivity index (χ0v) is 10.1. The van der Waals surface area contributed by atoms with Gasteiger partial charge in [-0.05, 0) is 29.4 Å². The molecular weight excluding hydrogens is 194 g/mol. The normalized spacial score (nSPS) is 22.2. The van der Waals surface area contributed by atoms with Crippen LogP contribution in [0.3, 0.4) is 0 Å². The van der Waals surface area contributed by atoms with Crippen LogP contribution in [0.1, 0.15) is 43.9 Å². The van der Waals surface area contributed by atoms with Crippen LogP contribution in [-0.2, 0) is 5.41 Å². The summed E-state index contributed by atoms with van der Waals surface area (Å²) in [5.41, 5.74) is 3.19. The molecule has 1 aliphatic carbocycles. The van der Waals surface area contributed by atoms with Gasteiger partial charge in [0.25, 0.3) is 0 Å². The molecule has 16 heavy (non-hydrogen) atoms. The van der Waals surface area contributed by atoms with Crippen LogP contribution in [0, 0.1) is 12.3 Å². The molecule has 0 heterocycles. The highest BCUT2D eigenvalue weighted by Gasteiger charge is 2.31. The van der Waals surface area contributed by atoms with Crippen LogP contribution >= 0.6 is 0 Å². The van der Waals surface area contributed by atoms with Crippen LogP contribution in [-0.4, -0.2) is 6.54 Å². The van der Waals surface area contributed by atoms with Gasteiger partial charge in [0.05, 0.1) is 6.54 Å². The Bertz CT molecular complexity index is 412. The summed E-state index contributed by atoms with van der Waals surface area (Å²) in [7, 11) is 0. The molecule has 1 atom stereocenters. The molecule has 1 aliphatic rings. The molecule has 1 aromatic rings. The number of terminal acetylenes is 1. The van der Waals surface area contributed by atoms with Crippen molar-refractivity contribution in [2.75, 3.05) is 6.54 Å². The maximum Gasteiger partial charge on any atom is 0.0578 e. The van der Waals surface area contributed by atoms with Crippen molar-refractivity contribution in [3.05, 3.63) is 35.4 Å². The van der Waals surface area contributed by atoms with Gasteiger partial charge in [-0.3, -0.25) is 5.32 Å². The Labute approximate surface area is 98.3 Å². The number of benzene rings is 1. The highest BCUT2D eigenvalue weighted by atomic mass is 14.9. The Morgan fingerprint density at radius 2 is 2.19 bits per heavy atom. The minimum atomic E-state index is 0.297. The summed E-state index contributed by atoms with van der Waals surface area (Å²) in [6, 6.07) is 9.15. The van der Waals surface area contributed by atoms with Crippen LogP contribution in [0.15, 0.2) is 24.3 Å². The molecule has 0 aliphatic heterocycles. The molecule has 1 nitrogen and oxygen atoms in total. The molecule has 2 rings (SSSR count). The van der Waals surface area contributed by atoms with E-state index in [1.807, 2.05) is 0 Å². The van der Waals surface area contributed by atoms with Crippen molar-refractivity contribution in [1.29, 1.82) is 0 Å². The first-order chi connectivity index (χ1) is 7.65. The predicted molar refractivity (Wildman–Crippen MR) is 68.3 cm³/mol. The summed E-state index contributed by atoms with van der Waals surface area (Å²) in [5, 5.41) is 3.43. The quantitative estimate of drug-likeness (QED) is 0.745. The van der Waals surface area contributed by atoms with E-state index in [-0.39, 0.29) is 0 Å². The predicted octanol–water partition coefficient (Wildman–Crippen LogP) is 3.02. The monoisotopic (exact) mass is 213 g/mol. The Morgan fingerprint density at radius 1 is 1.44 bits per heavy atom. The van der Waals surface area contributed by atoms with Crippen molar-refractivity contribution in [3.63, 3.8) is 0 Å². The zero-order chi connectivity index (χ0) is 11.6. The lowest BCUT2D eigenvalue weighted by Gasteiger charge is -2.37. The first kappa shape index (κ1) is 11.2. The van der Waals surface area contributed by atoms with Crippen molar-refractivity contribution < 1.29 is 0 Å². The molecule has 0 saturated carbocycles. The van der Waals surface area contributed by atoms with Gasteiger partial charge in [-0.15, -0.1) is 6.42 Å². The van der Waals surface area contributed by atoms with Crippen LogP contribution < -0.4 is 5.32 Å². The highest BCUT2D eigenvalue weighted by molar-refractivity contribution is 5.38. The maximum absolute atomic E-state index is 5.31. The summed E-state index contributed by atoms with van der Waals surface area (Å²) < 4.78 is 0. The van der Waals surface area contributed by atoms with Gasteiger partial charge < -0.3 is 0 Å². The fraction of sp³-hybridized carbons (Fsp3) is 0.467. The minimum absolute atomic E-state index is 0.297. The van der Waals surface area contributed by atoms with E-state index in [0.29, 0.717) is 18.0 Å². The van der Waals surface area contributed by atoms with Gasteiger partial charge >= 0.3 is 0 Å². The van der Waals surface area contributed by atoms with E-state index in [9.17, 15) is 0 Å². The molecule has 0 aromatic heterocycles. The van der Waals surface area contributed by atoms with Crippen LogP contribution in [0.4, 0.5) is 0 Å². The van der Waals surface area contributed by atoms with E-state index in [4.69, 9.17) is 6.42 Å². The van der Waals surface area contributed by atoms with Gasteiger partial charge in [-0.2, -0.15) is 0 Å². The third-order valence-electron chi connectivity index (χ3n) is 3.57. The topological polar surface area (TPSA) is 12.0 Å². The van der Waals surface area contributed by atoms with E-state index in [2.05, 4.69) is 49.4 Å². The summed E-state index contributed by atoms with van der Waals surface area (Å²) in [6.07, 6.45) is 7.69. The fourth-order valence-corrected chi connectivity index (χ4v) is 2.61. The molecule has 0 amide bonds. The molecule has 0 spiro atoms. The molecule has 0 radical (unpaired) electrons. The van der Waals surface area contributed by atoms with E-state index in [1.165, 1.54) is 24.0 Å². The fourth-order valence-electron chi connectivity index (χ4n) is 2.61. The summed E-state index contributed by atoms with van der Waals surface area (Å²) in [4.78, 5) is 0. The van der Waals surface area contributed by atoms with Crippen molar-refractivity contribution >= 4 is 0 Å². The average molecular weight is 213 g/mol. The number of rotatable bonds is 2. The molecule has 0 saturated heterocycles. The number of hydrogen-bond acceptors (Lipinski definition) is 1. The molecule has 0 bridgehead atoms. The van der Waals surface area contributed by atoms with Crippen molar-refractivity contribution in [2.24, 2.45) is 0 Å². The van der Waals surface area contributed by atoms with Gasteiger partial charge in [-0.1, -0.05) is 44.0 Å². The van der Waals surface area contributed by atoms with Crippen LogP contribution in [0.25, 0.3) is 0 Å². The lowest BCUT2D eigenvalue weighted by atomic mass is 9.71. The zero-order valence-electron chi connectivity index (χ0n) is 10.1. The van der Waals surface area contributed by atoms with Crippen molar-refractivity contribution in [3.8, 4) is 12.3 Å². The maximum atomic E-state index is 5.31. The van der Waals surface area contributed by atoms with Gasteiger partial charge in [-0.25, -0.2) is 0 Å². The summed E-state index contributed by atoms with van der Waals surface area (Å²) in [5.74, 6) is 2.66. The number of fused-ring (bicyclic) bond motifs is 1. The van der Waals surface area contributed by atoms with Crippen LogP contribution in [0.5, 0.6) is 0 Å². The van der Waals surface area contributed by atoms with E-state index >= 15 is 0 Å².